The summed E-state index contributed by atoms with van der Waals surface area (Å²) in [6.45, 7) is 1.29. The highest BCUT2D eigenvalue weighted by molar-refractivity contribution is 5.78. The summed E-state index contributed by atoms with van der Waals surface area (Å²) in [6.07, 6.45) is 4.40. The van der Waals surface area contributed by atoms with Crippen molar-refractivity contribution >= 4 is 12.0 Å². The quantitative estimate of drug-likeness (QED) is 0.749. The van der Waals surface area contributed by atoms with E-state index in [1.807, 2.05) is 0 Å². The highest BCUT2D eigenvalue weighted by atomic mass is 16.4. The third-order valence-electron chi connectivity index (χ3n) is 4.42. The Labute approximate surface area is 126 Å². The number of amides is 2. The van der Waals surface area contributed by atoms with Gasteiger partial charge < -0.3 is 20.0 Å². The minimum atomic E-state index is -0.885. The molecule has 1 aliphatic rings. The zero-order valence-electron chi connectivity index (χ0n) is 13.1. The number of rotatable bonds is 7. The number of aliphatic hydroxyl groups excluding tert-OH is 1. The average molecular weight is 300 g/mol. The van der Waals surface area contributed by atoms with Crippen molar-refractivity contribution in [3.63, 3.8) is 0 Å². The van der Waals surface area contributed by atoms with Gasteiger partial charge in [0, 0.05) is 39.7 Å². The first kappa shape index (κ1) is 17.8. The predicted octanol–water partition coefficient (Wildman–Crippen LogP) is 1.63. The van der Waals surface area contributed by atoms with Crippen LogP contribution in [-0.2, 0) is 4.79 Å². The Morgan fingerprint density at radius 1 is 1.05 bits per heavy atom. The SMILES string of the molecule is CN(CCC1CCC(C(=O)N(C)CCCO)CC1)C(=O)O. The fraction of sp³-hybridized carbons (Fsp3) is 0.867. The molecule has 0 saturated heterocycles. The minimum Gasteiger partial charge on any atom is -0.465 e. The monoisotopic (exact) mass is 300 g/mol. The molecule has 0 aromatic rings. The van der Waals surface area contributed by atoms with Gasteiger partial charge in [0.25, 0.3) is 0 Å². The van der Waals surface area contributed by atoms with Crippen LogP contribution in [0.2, 0.25) is 0 Å². The predicted molar refractivity (Wildman–Crippen MR) is 80.1 cm³/mol. The fourth-order valence-corrected chi connectivity index (χ4v) is 2.90. The van der Waals surface area contributed by atoms with Crippen LogP contribution in [0.4, 0.5) is 4.79 Å². The molecule has 1 rings (SSSR count). The fourth-order valence-electron chi connectivity index (χ4n) is 2.90. The molecule has 0 aliphatic heterocycles. The topological polar surface area (TPSA) is 81.1 Å². The maximum Gasteiger partial charge on any atom is 0.407 e. The van der Waals surface area contributed by atoms with Gasteiger partial charge in [-0.05, 0) is 44.4 Å². The zero-order valence-corrected chi connectivity index (χ0v) is 13.1. The van der Waals surface area contributed by atoms with Gasteiger partial charge in [0.2, 0.25) is 5.91 Å². The molecular formula is C15H28N2O4. The maximum absolute atomic E-state index is 12.2. The van der Waals surface area contributed by atoms with Crippen molar-refractivity contribution in [3.8, 4) is 0 Å². The first-order chi connectivity index (χ1) is 9.95. The zero-order chi connectivity index (χ0) is 15.8. The number of aliphatic hydroxyl groups is 1. The number of carboxylic acid groups (broad SMARTS) is 1. The second kappa shape index (κ2) is 8.87. The van der Waals surface area contributed by atoms with E-state index in [0.717, 1.165) is 32.1 Å². The van der Waals surface area contributed by atoms with Crippen molar-refractivity contribution in [2.75, 3.05) is 33.8 Å². The molecule has 21 heavy (non-hydrogen) atoms. The van der Waals surface area contributed by atoms with Crippen LogP contribution in [-0.4, -0.2) is 65.8 Å². The van der Waals surface area contributed by atoms with E-state index in [9.17, 15) is 9.59 Å². The van der Waals surface area contributed by atoms with Gasteiger partial charge in [-0.25, -0.2) is 4.79 Å². The number of hydrogen-bond donors (Lipinski definition) is 2. The first-order valence-electron chi connectivity index (χ1n) is 7.75. The van der Waals surface area contributed by atoms with Gasteiger partial charge in [0.15, 0.2) is 0 Å². The van der Waals surface area contributed by atoms with Gasteiger partial charge in [-0.2, -0.15) is 0 Å². The average Bonchev–Trinajstić information content (AvgIpc) is 2.49. The lowest BCUT2D eigenvalue weighted by molar-refractivity contribution is -0.135. The summed E-state index contributed by atoms with van der Waals surface area (Å²) in [5.74, 6) is 0.810. The van der Waals surface area contributed by atoms with Gasteiger partial charge in [0.1, 0.15) is 0 Å². The van der Waals surface area contributed by atoms with Gasteiger partial charge in [0.05, 0.1) is 0 Å². The summed E-state index contributed by atoms with van der Waals surface area (Å²) < 4.78 is 0. The summed E-state index contributed by atoms with van der Waals surface area (Å²) in [5, 5.41) is 17.6. The summed E-state index contributed by atoms with van der Waals surface area (Å²) in [5.41, 5.74) is 0. The lowest BCUT2D eigenvalue weighted by Crippen LogP contribution is -2.36. The van der Waals surface area contributed by atoms with Gasteiger partial charge >= 0.3 is 6.09 Å². The van der Waals surface area contributed by atoms with Crippen LogP contribution < -0.4 is 0 Å². The molecule has 0 aromatic carbocycles. The van der Waals surface area contributed by atoms with Crippen molar-refractivity contribution < 1.29 is 19.8 Å². The van der Waals surface area contributed by atoms with Gasteiger partial charge in [-0.3, -0.25) is 4.79 Å². The lowest BCUT2D eigenvalue weighted by atomic mass is 9.80. The molecule has 0 atom stereocenters. The Bertz CT molecular complexity index is 341. The second-order valence-electron chi connectivity index (χ2n) is 6.05. The van der Waals surface area contributed by atoms with Crippen LogP contribution in [0.3, 0.4) is 0 Å². The van der Waals surface area contributed by atoms with E-state index < -0.39 is 6.09 Å². The second-order valence-corrected chi connectivity index (χ2v) is 6.05. The van der Waals surface area contributed by atoms with Crippen LogP contribution in [0.15, 0.2) is 0 Å². The van der Waals surface area contributed by atoms with E-state index in [-0.39, 0.29) is 18.4 Å². The third-order valence-corrected chi connectivity index (χ3v) is 4.42. The molecule has 0 heterocycles. The largest absolute Gasteiger partial charge is 0.465 e. The molecule has 0 radical (unpaired) electrons. The number of hydrogen-bond acceptors (Lipinski definition) is 3. The van der Waals surface area contributed by atoms with Crippen molar-refractivity contribution in [2.45, 2.75) is 38.5 Å². The summed E-state index contributed by atoms with van der Waals surface area (Å²) in [7, 11) is 3.39. The van der Waals surface area contributed by atoms with Crippen LogP contribution in [0, 0.1) is 11.8 Å². The molecule has 0 spiro atoms. The first-order valence-corrected chi connectivity index (χ1v) is 7.75. The number of carbonyl (C=O) groups excluding carboxylic acids is 1. The lowest BCUT2D eigenvalue weighted by Gasteiger charge is -2.31. The molecule has 1 aliphatic carbocycles. The van der Waals surface area contributed by atoms with E-state index >= 15 is 0 Å². The molecule has 0 aromatic heterocycles. The Balaban J connectivity index is 2.28. The Morgan fingerprint density at radius 2 is 1.67 bits per heavy atom. The van der Waals surface area contributed by atoms with Crippen molar-refractivity contribution in [3.05, 3.63) is 0 Å². The molecule has 6 nitrogen and oxygen atoms in total. The molecule has 122 valence electrons. The van der Waals surface area contributed by atoms with Gasteiger partial charge in [-0.1, -0.05) is 0 Å². The normalized spacial score (nSPS) is 21.9. The minimum absolute atomic E-state index is 0.0992. The van der Waals surface area contributed by atoms with E-state index in [0.29, 0.717) is 25.4 Å². The molecule has 0 bridgehead atoms. The number of carbonyl (C=O) groups is 2. The van der Waals surface area contributed by atoms with E-state index in [4.69, 9.17) is 10.2 Å². The Hall–Kier alpha value is -1.30. The van der Waals surface area contributed by atoms with Crippen LogP contribution in [0.1, 0.15) is 38.5 Å². The van der Waals surface area contributed by atoms with Gasteiger partial charge in [-0.15, -0.1) is 0 Å². The van der Waals surface area contributed by atoms with Crippen molar-refractivity contribution in [1.29, 1.82) is 0 Å². The summed E-state index contributed by atoms with van der Waals surface area (Å²) >= 11 is 0. The molecule has 2 amide bonds. The Kier molecular flexibility index (Phi) is 7.50. The molecular weight excluding hydrogens is 272 g/mol. The van der Waals surface area contributed by atoms with Crippen LogP contribution in [0.5, 0.6) is 0 Å². The molecule has 0 unspecified atom stereocenters. The van der Waals surface area contributed by atoms with Crippen molar-refractivity contribution in [2.24, 2.45) is 11.8 Å². The summed E-state index contributed by atoms with van der Waals surface area (Å²) in [4.78, 5) is 26.0. The highest BCUT2D eigenvalue weighted by Gasteiger charge is 2.28. The van der Waals surface area contributed by atoms with E-state index in [2.05, 4.69) is 0 Å². The molecule has 1 saturated carbocycles. The summed E-state index contributed by atoms with van der Waals surface area (Å²) in [6, 6.07) is 0. The van der Waals surface area contributed by atoms with Crippen LogP contribution in [0.25, 0.3) is 0 Å². The smallest absolute Gasteiger partial charge is 0.407 e. The molecule has 1 fully saturated rings. The number of nitrogens with zero attached hydrogens (tertiary/aromatic N) is 2. The maximum atomic E-state index is 12.2. The Morgan fingerprint density at radius 3 is 2.19 bits per heavy atom. The standard InChI is InChI=1S/C15H28N2O4/c1-16(9-3-11-18)14(19)13-6-4-12(5-7-13)8-10-17(2)15(20)21/h12-13,18H,3-11H2,1-2H3,(H,20,21). The van der Waals surface area contributed by atoms with Crippen molar-refractivity contribution in [1.82, 2.24) is 9.80 Å². The van der Waals surface area contributed by atoms with Crippen LogP contribution >= 0.6 is 0 Å². The van der Waals surface area contributed by atoms with E-state index in [1.54, 1.807) is 19.0 Å². The molecule has 2 N–H and O–H groups in total. The van der Waals surface area contributed by atoms with E-state index in [1.165, 1.54) is 4.90 Å². The highest BCUT2D eigenvalue weighted by Crippen LogP contribution is 2.31. The third kappa shape index (κ3) is 5.91. The molecule has 6 heteroatoms.